The lowest BCUT2D eigenvalue weighted by Gasteiger charge is -2.25. The van der Waals surface area contributed by atoms with Crippen LogP contribution in [-0.4, -0.2) is 31.8 Å². The van der Waals surface area contributed by atoms with Crippen LogP contribution < -0.4 is 0 Å². The number of carbonyl (C=O) groups excluding carboxylic acids is 1. The Hall–Kier alpha value is -1.64. The molecule has 1 atom stereocenters. The van der Waals surface area contributed by atoms with Crippen molar-refractivity contribution in [3.63, 3.8) is 0 Å². The number of aliphatic hydroxyl groups is 1. The summed E-state index contributed by atoms with van der Waals surface area (Å²) < 4.78 is 16.1. The fraction of sp³-hybridized carbons (Fsp3) is 0.400. The van der Waals surface area contributed by atoms with Gasteiger partial charge < -0.3 is 19.6 Å². The highest BCUT2D eigenvalue weighted by molar-refractivity contribution is 7.53. The van der Waals surface area contributed by atoms with Crippen molar-refractivity contribution < 1.29 is 29.0 Å². The van der Waals surface area contributed by atoms with Gasteiger partial charge in [0.05, 0.1) is 6.42 Å². The highest BCUT2D eigenvalue weighted by Gasteiger charge is 2.43. The Balaban J connectivity index is 2.75. The van der Waals surface area contributed by atoms with Gasteiger partial charge in [-0.25, -0.2) is 0 Å². The zero-order valence-electron chi connectivity index (χ0n) is 12.6. The van der Waals surface area contributed by atoms with E-state index in [9.17, 15) is 14.5 Å². The summed E-state index contributed by atoms with van der Waals surface area (Å²) in [7, 11) is -4.83. The number of esters is 1. The number of rotatable bonds is 4. The molecule has 7 heteroatoms. The first-order valence-electron chi connectivity index (χ1n) is 6.51. The average molecular weight is 326 g/mol. The standard InChI is InChI=1S/C15H19O6P/c1-14(2,10-9-12-7-5-4-6-8-12)21-13(16)11-15(3,17)22(18,19)20/h4-8,17H,11H2,1-3H3,(H2,18,19,20). The van der Waals surface area contributed by atoms with E-state index in [4.69, 9.17) is 14.5 Å². The molecule has 0 bridgehead atoms. The van der Waals surface area contributed by atoms with Crippen molar-refractivity contribution in [2.24, 2.45) is 0 Å². The van der Waals surface area contributed by atoms with Crippen LogP contribution in [0.25, 0.3) is 0 Å². The van der Waals surface area contributed by atoms with Gasteiger partial charge in [-0.2, -0.15) is 0 Å². The minimum atomic E-state index is -4.83. The summed E-state index contributed by atoms with van der Waals surface area (Å²) in [6.45, 7) is 3.98. The Morgan fingerprint density at radius 3 is 2.27 bits per heavy atom. The molecule has 0 amide bonds. The molecule has 6 nitrogen and oxygen atoms in total. The minimum Gasteiger partial charge on any atom is -0.446 e. The smallest absolute Gasteiger partial charge is 0.357 e. The number of hydrogen-bond acceptors (Lipinski definition) is 4. The Morgan fingerprint density at radius 2 is 1.77 bits per heavy atom. The van der Waals surface area contributed by atoms with Crippen LogP contribution in [0.5, 0.6) is 0 Å². The average Bonchev–Trinajstić information content (AvgIpc) is 2.35. The van der Waals surface area contributed by atoms with E-state index < -0.39 is 30.9 Å². The molecule has 1 aromatic rings. The molecule has 0 saturated heterocycles. The van der Waals surface area contributed by atoms with Gasteiger partial charge in [-0.1, -0.05) is 30.0 Å². The number of ether oxygens (including phenoxy) is 1. The van der Waals surface area contributed by atoms with Crippen molar-refractivity contribution >= 4 is 13.6 Å². The van der Waals surface area contributed by atoms with Crippen LogP contribution in [0.2, 0.25) is 0 Å². The van der Waals surface area contributed by atoms with E-state index in [2.05, 4.69) is 11.8 Å². The van der Waals surface area contributed by atoms with Gasteiger partial charge in [-0.15, -0.1) is 0 Å². The second kappa shape index (κ2) is 6.64. The van der Waals surface area contributed by atoms with Gasteiger partial charge in [0.1, 0.15) is 0 Å². The van der Waals surface area contributed by atoms with E-state index in [-0.39, 0.29) is 0 Å². The fourth-order valence-electron chi connectivity index (χ4n) is 1.47. The summed E-state index contributed by atoms with van der Waals surface area (Å²) in [6, 6.07) is 9.08. The third-order valence-corrected chi connectivity index (χ3v) is 4.17. The zero-order valence-corrected chi connectivity index (χ0v) is 13.5. The van der Waals surface area contributed by atoms with Crippen LogP contribution >= 0.6 is 7.60 Å². The molecular formula is C15H19O6P. The predicted octanol–water partition coefficient (Wildman–Crippen LogP) is 1.64. The molecule has 0 saturated carbocycles. The number of benzene rings is 1. The van der Waals surface area contributed by atoms with E-state index in [1.165, 1.54) is 0 Å². The second-order valence-electron chi connectivity index (χ2n) is 5.54. The van der Waals surface area contributed by atoms with Gasteiger partial charge in [-0.3, -0.25) is 9.36 Å². The van der Waals surface area contributed by atoms with E-state index in [0.717, 1.165) is 12.5 Å². The van der Waals surface area contributed by atoms with Crippen LogP contribution in [0.4, 0.5) is 0 Å². The van der Waals surface area contributed by atoms with Crippen molar-refractivity contribution in [2.45, 2.75) is 38.1 Å². The fourth-order valence-corrected chi connectivity index (χ4v) is 1.80. The maximum Gasteiger partial charge on any atom is 0.357 e. The van der Waals surface area contributed by atoms with Gasteiger partial charge in [0.2, 0.25) is 0 Å². The SMILES string of the molecule is CC(C)(C#Cc1ccccc1)OC(=O)CC(C)(O)P(=O)(O)O. The van der Waals surface area contributed by atoms with Crippen molar-refractivity contribution in [1.29, 1.82) is 0 Å². The summed E-state index contributed by atoms with van der Waals surface area (Å²) in [5, 5.41) is 7.16. The van der Waals surface area contributed by atoms with Gasteiger partial charge >= 0.3 is 13.6 Å². The second-order valence-corrected chi connectivity index (χ2v) is 7.59. The summed E-state index contributed by atoms with van der Waals surface area (Å²) in [5.41, 5.74) is -0.411. The van der Waals surface area contributed by atoms with E-state index in [1.54, 1.807) is 26.0 Å². The van der Waals surface area contributed by atoms with E-state index in [1.807, 2.05) is 18.2 Å². The number of carbonyl (C=O) groups is 1. The molecule has 0 aliphatic carbocycles. The van der Waals surface area contributed by atoms with Crippen molar-refractivity contribution in [1.82, 2.24) is 0 Å². The zero-order chi connectivity index (χ0) is 17.0. The molecule has 0 fully saturated rings. The molecule has 0 radical (unpaired) electrons. The van der Waals surface area contributed by atoms with Crippen LogP contribution in [0.1, 0.15) is 32.8 Å². The molecule has 120 valence electrons. The molecule has 0 aromatic heterocycles. The molecule has 0 spiro atoms. The third-order valence-electron chi connectivity index (χ3n) is 2.76. The van der Waals surface area contributed by atoms with Crippen molar-refractivity contribution in [3.05, 3.63) is 35.9 Å². The highest BCUT2D eigenvalue weighted by atomic mass is 31.2. The minimum absolute atomic E-state index is 0.744. The van der Waals surface area contributed by atoms with Crippen LogP contribution in [0, 0.1) is 11.8 Å². The van der Waals surface area contributed by atoms with Gasteiger partial charge in [0.15, 0.2) is 10.9 Å². The Morgan fingerprint density at radius 1 is 1.23 bits per heavy atom. The van der Waals surface area contributed by atoms with Crippen LogP contribution in [0.3, 0.4) is 0 Å². The highest BCUT2D eigenvalue weighted by Crippen LogP contribution is 2.50. The monoisotopic (exact) mass is 326 g/mol. The molecule has 22 heavy (non-hydrogen) atoms. The molecule has 1 unspecified atom stereocenters. The summed E-state index contributed by atoms with van der Waals surface area (Å²) in [5.74, 6) is 4.66. The van der Waals surface area contributed by atoms with Crippen molar-refractivity contribution in [2.75, 3.05) is 0 Å². The topological polar surface area (TPSA) is 104 Å². The van der Waals surface area contributed by atoms with E-state index in [0.29, 0.717) is 0 Å². The summed E-state index contributed by atoms with van der Waals surface area (Å²) in [4.78, 5) is 29.7. The first kappa shape index (κ1) is 18.4. The number of hydrogen-bond donors (Lipinski definition) is 3. The van der Waals surface area contributed by atoms with Crippen LogP contribution in [-0.2, 0) is 14.1 Å². The molecule has 1 rings (SSSR count). The lowest BCUT2D eigenvalue weighted by atomic mass is 10.1. The van der Waals surface area contributed by atoms with Crippen LogP contribution in [0.15, 0.2) is 30.3 Å². The molecular weight excluding hydrogens is 307 g/mol. The summed E-state index contributed by atoms with van der Waals surface area (Å²) >= 11 is 0. The molecule has 3 N–H and O–H groups in total. The Kier molecular flexibility index (Phi) is 5.55. The van der Waals surface area contributed by atoms with E-state index >= 15 is 0 Å². The lowest BCUT2D eigenvalue weighted by Crippen LogP contribution is -2.33. The maximum absolute atomic E-state index is 11.7. The maximum atomic E-state index is 11.7. The Labute approximate surface area is 129 Å². The Bertz CT molecular complexity index is 633. The van der Waals surface area contributed by atoms with Gasteiger partial charge in [0.25, 0.3) is 0 Å². The summed E-state index contributed by atoms with van der Waals surface area (Å²) in [6.07, 6.45) is -0.826. The van der Waals surface area contributed by atoms with Gasteiger partial charge in [-0.05, 0) is 32.9 Å². The first-order chi connectivity index (χ1) is 9.93. The molecule has 0 aliphatic rings. The molecule has 0 heterocycles. The quantitative estimate of drug-likeness (QED) is 0.441. The molecule has 0 aliphatic heterocycles. The largest absolute Gasteiger partial charge is 0.446 e. The third kappa shape index (κ3) is 5.63. The molecule has 1 aromatic carbocycles. The normalized spacial score (nSPS) is 14.5. The van der Waals surface area contributed by atoms with Crippen molar-refractivity contribution in [3.8, 4) is 11.8 Å². The van der Waals surface area contributed by atoms with Gasteiger partial charge in [0, 0.05) is 5.56 Å². The first-order valence-corrected chi connectivity index (χ1v) is 8.12. The predicted molar refractivity (Wildman–Crippen MR) is 80.8 cm³/mol. The lowest BCUT2D eigenvalue weighted by molar-refractivity contribution is -0.155.